The Bertz CT molecular complexity index is 767. The van der Waals surface area contributed by atoms with Crippen LogP contribution in [0.4, 0.5) is 0 Å². The Morgan fingerprint density at radius 1 is 1.22 bits per heavy atom. The van der Waals surface area contributed by atoms with Gasteiger partial charge < -0.3 is 25.3 Å². The van der Waals surface area contributed by atoms with Gasteiger partial charge in [-0.2, -0.15) is 0 Å². The smallest absolute Gasteiger partial charge is 0.140 e. The molecule has 1 saturated heterocycles. The lowest BCUT2D eigenvalue weighted by Gasteiger charge is -2.44. The summed E-state index contributed by atoms with van der Waals surface area (Å²) in [4.78, 5) is 0. The number of methoxy groups -OCH3 is 1. The van der Waals surface area contributed by atoms with Gasteiger partial charge in [0.1, 0.15) is 29.1 Å². The average molecular weight is 377 g/mol. The van der Waals surface area contributed by atoms with Crippen LogP contribution in [0.5, 0.6) is 17.2 Å². The van der Waals surface area contributed by atoms with Crippen molar-refractivity contribution >= 4 is 15.9 Å². The van der Waals surface area contributed by atoms with Crippen molar-refractivity contribution in [3.63, 3.8) is 0 Å². The van der Waals surface area contributed by atoms with Gasteiger partial charge in [-0.25, -0.2) is 0 Å². The molecule has 2 aromatic carbocycles. The maximum absolute atomic E-state index is 6.28. The second-order valence-corrected chi connectivity index (χ2v) is 6.63. The largest absolute Gasteiger partial charge is 0.497 e. The number of halogens is 1. The molecule has 2 aliphatic heterocycles. The highest BCUT2D eigenvalue weighted by molar-refractivity contribution is 9.10. The summed E-state index contributed by atoms with van der Waals surface area (Å²) in [5.74, 6) is 2.30. The van der Waals surface area contributed by atoms with Crippen molar-refractivity contribution in [3.8, 4) is 17.2 Å². The fourth-order valence-electron chi connectivity index (χ4n) is 3.26. The molecule has 0 amide bonds. The summed E-state index contributed by atoms with van der Waals surface area (Å²) < 4.78 is 18.7. The van der Waals surface area contributed by atoms with Crippen molar-refractivity contribution < 1.29 is 14.2 Å². The maximum atomic E-state index is 6.28. The molecular formula is C17H17BrN2O3. The molecular weight excluding hydrogens is 360 g/mol. The molecule has 23 heavy (non-hydrogen) atoms. The molecule has 0 aliphatic carbocycles. The van der Waals surface area contributed by atoms with E-state index in [4.69, 9.17) is 19.9 Å². The molecule has 3 N–H and O–H groups in total. The quantitative estimate of drug-likeness (QED) is 0.800. The first-order valence-corrected chi connectivity index (χ1v) is 8.22. The van der Waals surface area contributed by atoms with Gasteiger partial charge in [-0.15, -0.1) is 0 Å². The number of nitrogens with one attached hydrogen (secondary N) is 1. The summed E-state index contributed by atoms with van der Waals surface area (Å²) in [5, 5.41) is 3.37. The lowest BCUT2D eigenvalue weighted by molar-refractivity contribution is -0.0971. The number of rotatable bonds is 1. The van der Waals surface area contributed by atoms with Crippen molar-refractivity contribution in [1.29, 1.82) is 0 Å². The van der Waals surface area contributed by atoms with Crippen LogP contribution in [0.15, 0.2) is 40.9 Å². The van der Waals surface area contributed by atoms with Crippen LogP contribution in [0.3, 0.4) is 0 Å². The molecule has 2 heterocycles. The first-order chi connectivity index (χ1) is 11.1. The van der Waals surface area contributed by atoms with Crippen LogP contribution in [0.2, 0.25) is 0 Å². The summed E-state index contributed by atoms with van der Waals surface area (Å²) in [6.45, 7) is 1.24. The molecule has 0 radical (unpaired) electrons. The van der Waals surface area contributed by atoms with Crippen LogP contribution in [0, 0.1) is 0 Å². The fourth-order valence-corrected chi connectivity index (χ4v) is 3.62. The van der Waals surface area contributed by atoms with E-state index < -0.39 is 11.8 Å². The molecule has 0 bridgehead atoms. The standard InChI is InChI=1S/C17H17BrN2O3/c1-21-11-3-5-15-13(7-11)17(9-20-8-16(19)23-17)12-6-10(18)2-4-14(12)22-15/h2-7,16,20H,8-9,19H2,1H3/t16-,17?/m1/s1. The van der Waals surface area contributed by atoms with Gasteiger partial charge in [-0.1, -0.05) is 15.9 Å². The minimum Gasteiger partial charge on any atom is -0.497 e. The highest BCUT2D eigenvalue weighted by Gasteiger charge is 2.46. The molecule has 2 aliphatic rings. The van der Waals surface area contributed by atoms with Gasteiger partial charge in [-0.05, 0) is 36.4 Å². The molecule has 4 rings (SSSR count). The van der Waals surface area contributed by atoms with Gasteiger partial charge in [0.05, 0.1) is 7.11 Å². The predicted molar refractivity (Wildman–Crippen MR) is 89.9 cm³/mol. The van der Waals surface area contributed by atoms with Gasteiger partial charge >= 0.3 is 0 Å². The van der Waals surface area contributed by atoms with E-state index in [1.165, 1.54) is 0 Å². The Morgan fingerprint density at radius 3 is 2.70 bits per heavy atom. The van der Waals surface area contributed by atoms with Crippen molar-refractivity contribution in [2.75, 3.05) is 20.2 Å². The van der Waals surface area contributed by atoms with Crippen LogP contribution >= 0.6 is 15.9 Å². The van der Waals surface area contributed by atoms with Gasteiger partial charge in [0.2, 0.25) is 0 Å². The first-order valence-electron chi connectivity index (χ1n) is 7.43. The van der Waals surface area contributed by atoms with Crippen molar-refractivity contribution in [3.05, 3.63) is 52.0 Å². The molecule has 2 aromatic rings. The van der Waals surface area contributed by atoms with E-state index in [0.29, 0.717) is 13.1 Å². The van der Waals surface area contributed by atoms with Crippen molar-refractivity contribution in [2.24, 2.45) is 5.73 Å². The summed E-state index contributed by atoms with van der Waals surface area (Å²) in [7, 11) is 1.65. The fraction of sp³-hybridized carbons (Fsp3) is 0.294. The normalized spacial score (nSPS) is 25.4. The zero-order valence-electron chi connectivity index (χ0n) is 12.6. The molecule has 5 nitrogen and oxygen atoms in total. The number of hydrogen-bond acceptors (Lipinski definition) is 5. The van der Waals surface area contributed by atoms with Crippen LogP contribution in [0.1, 0.15) is 11.1 Å². The monoisotopic (exact) mass is 376 g/mol. The molecule has 1 spiro atoms. The second kappa shape index (κ2) is 5.49. The summed E-state index contributed by atoms with van der Waals surface area (Å²) in [5.41, 5.74) is 7.27. The van der Waals surface area contributed by atoms with E-state index in [9.17, 15) is 0 Å². The molecule has 120 valence electrons. The van der Waals surface area contributed by atoms with Gasteiger partial charge in [0.25, 0.3) is 0 Å². The Hall–Kier alpha value is -1.60. The number of benzene rings is 2. The van der Waals surface area contributed by atoms with E-state index in [0.717, 1.165) is 32.8 Å². The van der Waals surface area contributed by atoms with Crippen LogP contribution in [-0.4, -0.2) is 26.4 Å². The summed E-state index contributed by atoms with van der Waals surface area (Å²) in [6.07, 6.45) is -0.396. The van der Waals surface area contributed by atoms with Gasteiger partial charge in [0.15, 0.2) is 0 Å². The summed E-state index contributed by atoms with van der Waals surface area (Å²) in [6, 6.07) is 11.7. The van der Waals surface area contributed by atoms with E-state index >= 15 is 0 Å². The molecule has 6 heteroatoms. The van der Waals surface area contributed by atoms with Gasteiger partial charge in [-0.3, -0.25) is 0 Å². The number of nitrogens with two attached hydrogens (primary N) is 1. The number of fused-ring (bicyclic) bond motifs is 4. The Balaban J connectivity index is 1.97. The van der Waals surface area contributed by atoms with Gasteiger partial charge in [0, 0.05) is 28.7 Å². The Kier molecular flexibility index (Phi) is 3.57. The van der Waals surface area contributed by atoms with Crippen LogP contribution in [0.25, 0.3) is 0 Å². The third-order valence-electron chi connectivity index (χ3n) is 4.29. The van der Waals surface area contributed by atoms with Crippen molar-refractivity contribution in [2.45, 2.75) is 11.8 Å². The zero-order valence-corrected chi connectivity index (χ0v) is 14.2. The highest BCUT2D eigenvalue weighted by Crippen LogP contribution is 2.51. The number of ether oxygens (including phenoxy) is 3. The Labute approximate surface area is 142 Å². The van der Waals surface area contributed by atoms with E-state index in [1.54, 1.807) is 7.11 Å². The van der Waals surface area contributed by atoms with Crippen LogP contribution in [-0.2, 0) is 10.3 Å². The second-order valence-electron chi connectivity index (χ2n) is 5.72. The SMILES string of the molecule is COc1ccc2c(c1)C1(CNC[C@H](N)O1)c1cc(Br)ccc1O2. The lowest BCUT2D eigenvalue weighted by Crippen LogP contribution is -2.56. The van der Waals surface area contributed by atoms with Crippen LogP contribution < -0.4 is 20.5 Å². The number of hydrogen-bond donors (Lipinski definition) is 2. The molecule has 1 unspecified atom stereocenters. The average Bonchev–Trinajstić information content (AvgIpc) is 2.56. The van der Waals surface area contributed by atoms with E-state index in [1.807, 2.05) is 36.4 Å². The van der Waals surface area contributed by atoms with E-state index in [-0.39, 0.29) is 0 Å². The molecule has 0 saturated carbocycles. The lowest BCUT2D eigenvalue weighted by atomic mass is 9.82. The molecule has 2 atom stereocenters. The predicted octanol–water partition coefficient (Wildman–Crippen LogP) is 2.71. The molecule has 1 fully saturated rings. The highest BCUT2D eigenvalue weighted by atomic mass is 79.9. The minimum absolute atomic E-state index is 0.396. The van der Waals surface area contributed by atoms with E-state index in [2.05, 4.69) is 21.2 Å². The third kappa shape index (κ3) is 2.33. The number of morpholine rings is 1. The zero-order chi connectivity index (χ0) is 16.0. The third-order valence-corrected chi connectivity index (χ3v) is 4.78. The minimum atomic E-state index is -0.696. The maximum Gasteiger partial charge on any atom is 0.140 e. The first kappa shape index (κ1) is 15.0. The molecule has 0 aromatic heterocycles. The van der Waals surface area contributed by atoms with Crippen molar-refractivity contribution in [1.82, 2.24) is 5.32 Å². The summed E-state index contributed by atoms with van der Waals surface area (Å²) >= 11 is 3.54. The topological polar surface area (TPSA) is 65.7 Å². The Morgan fingerprint density at radius 2 is 1.96 bits per heavy atom.